The SMILES string of the molecule is CCCn1c(C(=O)NCc2ccco2)cc2sc(C)cc21. The zero-order chi connectivity index (χ0) is 14.8. The Kier molecular flexibility index (Phi) is 3.84. The number of rotatable bonds is 5. The van der Waals surface area contributed by atoms with E-state index in [9.17, 15) is 4.79 Å². The molecule has 110 valence electrons. The van der Waals surface area contributed by atoms with E-state index in [2.05, 4.69) is 29.8 Å². The Hall–Kier alpha value is -2.01. The smallest absolute Gasteiger partial charge is 0.268 e. The molecule has 3 aromatic heterocycles. The molecule has 0 saturated heterocycles. The van der Waals surface area contributed by atoms with Crippen LogP contribution in [-0.2, 0) is 13.1 Å². The Morgan fingerprint density at radius 1 is 1.43 bits per heavy atom. The molecule has 0 aliphatic carbocycles. The quantitative estimate of drug-likeness (QED) is 0.776. The highest BCUT2D eigenvalue weighted by atomic mass is 32.1. The first-order valence-electron chi connectivity index (χ1n) is 7.09. The average Bonchev–Trinajstić information content (AvgIpc) is 3.14. The lowest BCUT2D eigenvalue weighted by Gasteiger charge is -2.09. The van der Waals surface area contributed by atoms with Crippen LogP contribution in [0.1, 0.15) is 34.5 Å². The second-order valence-electron chi connectivity index (χ2n) is 5.05. The Balaban J connectivity index is 1.86. The molecular weight excluding hydrogens is 284 g/mol. The minimum absolute atomic E-state index is 0.0547. The Labute approximate surface area is 127 Å². The van der Waals surface area contributed by atoms with Crippen molar-refractivity contribution in [1.82, 2.24) is 9.88 Å². The third-order valence-corrected chi connectivity index (χ3v) is 4.38. The third-order valence-electron chi connectivity index (χ3n) is 3.40. The van der Waals surface area contributed by atoms with Crippen molar-refractivity contribution in [3.63, 3.8) is 0 Å². The van der Waals surface area contributed by atoms with Crippen LogP contribution in [0.3, 0.4) is 0 Å². The molecule has 0 aliphatic rings. The van der Waals surface area contributed by atoms with Gasteiger partial charge in [0.25, 0.3) is 5.91 Å². The van der Waals surface area contributed by atoms with E-state index in [1.54, 1.807) is 17.6 Å². The van der Waals surface area contributed by atoms with Crippen molar-refractivity contribution in [2.24, 2.45) is 0 Å². The molecule has 0 aromatic carbocycles. The molecule has 5 heteroatoms. The fourth-order valence-corrected chi connectivity index (χ4v) is 3.45. The number of carbonyl (C=O) groups excluding carboxylic acids is 1. The summed E-state index contributed by atoms with van der Waals surface area (Å²) >= 11 is 1.73. The molecular formula is C16H18N2O2S. The van der Waals surface area contributed by atoms with Gasteiger partial charge in [-0.3, -0.25) is 4.79 Å². The molecule has 1 N–H and O–H groups in total. The van der Waals surface area contributed by atoms with Crippen LogP contribution >= 0.6 is 11.3 Å². The van der Waals surface area contributed by atoms with Gasteiger partial charge < -0.3 is 14.3 Å². The van der Waals surface area contributed by atoms with Crippen LogP contribution in [-0.4, -0.2) is 10.5 Å². The summed E-state index contributed by atoms with van der Waals surface area (Å²) in [6.07, 6.45) is 2.61. The van der Waals surface area contributed by atoms with E-state index in [1.165, 1.54) is 9.58 Å². The van der Waals surface area contributed by atoms with Crippen molar-refractivity contribution in [3.8, 4) is 0 Å². The third kappa shape index (κ3) is 2.74. The van der Waals surface area contributed by atoms with Gasteiger partial charge >= 0.3 is 0 Å². The number of nitrogens with zero attached hydrogens (tertiary/aromatic N) is 1. The lowest BCUT2D eigenvalue weighted by atomic mass is 10.3. The first-order valence-corrected chi connectivity index (χ1v) is 7.91. The fourth-order valence-electron chi connectivity index (χ4n) is 2.49. The number of aryl methyl sites for hydroxylation is 2. The summed E-state index contributed by atoms with van der Waals surface area (Å²) in [5, 5.41) is 2.92. The van der Waals surface area contributed by atoms with Crippen LogP contribution in [0.4, 0.5) is 0 Å². The van der Waals surface area contributed by atoms with Gasteiger partial charge in [-0.25, -0.2) is 0 Å². The zero-order valence-electron chi connectivity index (χ0n) is 12.2. The first-order chi connectivity index (χ1) is 10.2. The molecule has 0 saturated carbocycles. The molecule has 0 spiro atoms. The number of carbonyl (C=O) groups is 1. The van der Waals surface area contributed by atoms with E-state index in [0.29, 0.717) is 6.54 Å². The van der Waals surface area contributed by atoms with Crippen molar-refractivity contribution >= 4 is 27.5 Å². The molecule has 0 fully saturated rings. The molecule has 0 atom stereocenters. The Morgan fingerprint density at radius 3 is 3.00 bits per heavy atom. The fraction of sp³-hybridized carbons (Fsp3) is 0.312. The highest BCUT2D eigenvalue weighted by Gasteiger charge is 2.16. The molecule has 0 bridgehead atoms. The summed E-state index contributed by atoms with van der Waals surface area (Å²) in [4.78, 5) is 13.7. The lowest BCUT2D eigenvalue weighted by Crippen LogP contribution is -2.25. The maximum Gasteiger partial charge on any atom is 0.268 e. The zero-order valence-corrected chi connectivity index (χ0v) is 13.0. The predicted molar refractivity (Wildman–Crippen MR) is 84.7 cm³/mol. The highest BCUT2D eigenvalue weighted by Crippen LogP contribution is 2.29. The van der Waals surface area contributed by atoms with Crippen LogP contribution in [0.5, 0.6) is 0 Å². The van der Waals surface area contributed by atoms with Crippen molar-refractivity contribution in [1.29, 1.82) is 0 Å². The van der Waals surface area contributed by atoms with Gasteiger partial charge in [0.2, 0.25) is 0 Å². The molecule has 0 radical (unpaired) electrons. The maximum absolute atomic E-state index is 12.4. The summed E-state index contributed by atoms with van der Waals surface area (Å²) in [6.45, 7) is 5.48. The van der Waals surface area contributed by atoms with Gasteiger partial charge in [-0.2, -0.15) is 0 Å². The average molecular weight is 302 g/mol. The molecule has 1 amide bonds. The van der Waals surface area contributed by atoms with Gasteiger partial charge in [-0.05, 0) is 37.6 Å². The van der Waals surface area contributed by atoms with Crippen LogP contribution in [0.15, 0.2) is 34.9 Å². The molecule has 4 nitrogen and oxygen atoms in total. The van der Waals surface area contributed by atoms with Gasteiger partial charge in [0.05, 0.1) is 23.0 Å². The summed E-state index contributed by atoms with van der Waals surface area (Å²) in [6, 6.07) is 7.81. The number of fused-ring (bicyclic) bond motifs is 1. The number of furan rings is 1. The predicted octanol–water partition coefficient (Wildman–Crippen LogP) is 3.94. The van der Waals surface area contributed by atoms with Gasteiger partial charge in [0.15, 0.2) is 0 Å². The summed E-state index contributed by atoms with van der Waals surface area (Å²) in [5.41, 5.74) is 1.88. The minimum atomic E-state index is -0.0547. The monoisotopic (exact) mass is 302 g/mol. The summed E-state index contributed by atoms with van der Waals surface area (Å²) < 4.78 is 8.52. The van der Waals surface area contributed by atoms with Crippen LogP contribution in [0.2, 0.25) is 0 Å². The molecule has 0 aliphatic heterocycles. The number of nitrogens with one attached hydrogen (secondary N) is 1. The minimum Gasteiger partial charge on any atom is -0.467 e. The second-order valence-corrected chi connectivity index (χ2v) is 6.34. The van der Waals surface area contributed by atoms with E-state index in [0.717, 1.165) is 29.9 Å². The van der Waals surface area contributed by atoms with Crippen molar-refractivity contribution in [2.75, 3.05) is 0 Å². The molecule has 3 aromatic rings. The first kappa shape index (κ1) is 13.9. The van der Waals surface area contributed by atoms with Gasteiger partial charge in [0.1, 0.15) is 11.5 Å². The van der Waals surface area contributed by atoms with E-state index in [-0.39, 0.29) is 5.91 Å². The van der Waals surface area contributed by atoms with Crippen molar-refractivity contribution in [3.05, 3.63) is 46.9 Å². The largest absolute Gasteiger partial charge is 0.467 e. The molecule has 0 unspecified atom stereocenters. The van der Waals surface area contributed by atoms with E-state index in [1.807, 2.05) is 18.2 Å². The van der Waals surface area contributed by atoms with Gasteiger partial charge in [-0.1, -0.05) is 6.92 Å². The maximum atomic E-state index is 12.4. The number of hydrogen-bond acceptors (Lipinski definition) is 3. The molecule has 21 heavy (non-hydrogen) atoms. The van der Waals surface area contributed by atoms with Crippen LogP contribution in [0.25, 0.3) is 10.2 Å². The van der Waals surface area contributed by atoms with Gasteiger partial charge in [-0.15, -0.1) is 11.3 Å². The Bertz CT molecular complexity index is 753. The lowest BCUT2D eigenvalue weighted by molar-refractivity contribution is 0.0939. The van der Waals surface area contributed by atoms with Gasteiger partial charge in [0, 0.05) is 11.4 Å². The standard InChI is InChI=1S/C16H18N2O2S/c1-3-6-18-13-8-11(2)21-15(13)9-14(18)16(19)17-10-12-5-4-7-20-12/h4-5,7-9H,3,6,10H2,1-2H3,(H,17,19). The van der Waals surface area contributed by atoms with E-state index >= 15 is 0 Å². The summed E-state index contributed by atoms with van der Waals surface area (Å²) in [7, 11) is 0. The number of amides is 1. The molecule has 3 rings (SSSR count). The van der Waals surface area contributed by atoms with Crippen LogP contribution in [0, 0.1) is 6.92 Å². The second kappa shape index (κ2) is 5.77. The van der Waals surface area contributed by atoms with Crippen LogP contribution < -0.4 is 5.32 Å². The topological polar surface area (TPSA) is 47.2 Å². The van der Waals surface area contributed by atoms with Crippen molar-refractivity contribution in [2.45, 2.75) is 33.4 Å². The Morgan fingerprint density at radius 2 is 2.29 bits per heavy atom. The number of hydrogen-bond donors (Lipinski definition) is 1. The molecule has 3 heterocycles. The highest BCUT2D eigenvalue weighted by molar-refractivity contribution is 7.19. The summed E-state index contributed by atoms with van der Waals surface area (Å²) in [5.74, 6) is 0.704. The number of thiophene rings is 1. The normalized spacial score (nSPS) is 11.1. The van der Waals surface area contributed by atoms with Crippen molar-refractivity contribution < 1.29 is 9.21 Å². The van der Waals surface area contributed by atoms with E-state index < -0.39 is 0 Å². The van der Waals surface area contributed by atoms with E-state index in [4.69, 9.17) is 4.42 Å². The number of aromatic nitrogens is 1.